The number of nitrogens with zero attached hydrogens (tertiary/aromatic N) is 1. The third-order valence-electron chi connectivity index (χ3n) is 1.12. The molecule has 0 fully saturated rings. The van der Waals surface area contributed by atoms with Crippen molar-refractivity contribution in [3.8, 4) is 0 Å². The highest BCUT2D eigenvalue weighted by Crippen LogP contribution is 2.29. The molecular formula is C6H11N3S2. The molecule has 1 heterocycles. The second-order valence-electron chi connectivity index (χ2n) is 2.06. The average Bonchev–Trinajstić information content (AvgIpc) is 2.26. The maximum Gasteiger partial charge on any atom is 0.181 e. The zero-order valence-corrected chi connectivity index (χ0v) is 7.97. The van der Waals surface area contributed by atoms with E-state index in [0.717, 1.165) is 11.4 Å². The molecule has 0 aliphatic heterocycles. The van der Waals surface area contributed by atoms with Crippen LogP contribution in [-0.4, -0.2) is 17.3 Å². The smallest absolute Gasteiger partial charge is 0.181 e. The van der Waals surface area contributed by atoms with Gasteiger partial charge in [-0.05, 0) is 6.92 Å². The fraction of sp³-hybridized carbons (Fsp3) is 0.500. The molecule has 1 aromatic rings. The van der Waals surface area contributed by atoms with Gasteiger partial charge in [-0.2, -0.15) is 0 Å². The lowest BCUT2D eigenvalue weighted by Crippen LogP contribution is -2.00. The standard InChI is InChI=1S/C6H11N3S2/c1-4-5(10-3-2-7)11-6(8)9-4/h2-3,7H2,1H3,(H2,8,9). The Balaban J connectivity index is 2.62. The number of aromatic nitrogens is 1. The lowest BCUT2D eigenvalue weighted by molar-refractivity contribution is 1.14. The highest BCUT2D eigenvalue weighted by atomic mass is 32.2. The molecule has 1 aromatic heterocycles. The molecule has 1 rings (SSSR count). The second-order valence-corrected chi connectivity index (χ2v) is 4.46. The average molecular weight is 189 g/mol. The van der Waals surface area contributed by atoms with Crippen LogP contribution in [0.5, 0.6) is 0 Å². The van der Waals surface area contributed by atoms with Crippen molar-refractivity contribution in [2.45, 2.75) is 11.1 Å². The molecule has 0 aromatic carbocycles. The highest BCUT2D eigenvalue weighted by molar-refractivity contribution is 8.01. The van der Waals surface area contributed by atoms with Gasteiger partial charge in [0.25, 0.3) is 0 Å². The summed E-state index contributed by atoms with van der Waals surface area (Å²) in [6, 6.07) is 0. The molecule has 3 nitrogen and oxygen atoms in total. The van der Waals surface area contributed by atoms with E-state index in [9.17, 15) is 0 Å². The summed E-state index contributed by atoms with van der Waals surface area (Å²) >= 11 is 3.25. The first-order chi connectivity index (χ1) is 5.24. The normalized spacial score (nSPS) is 10.4. The Morgan fingerprint density at radius 2 is 2.36 bits per heavy atom. The molecule has 0 aliphatic carbocycles. The van der Waals surface area contributed by atoms with Crippen molar-refractivity contribution in [2.75, 3.05) is 18.0 Å². The summed E-state index contributed by atoms with van der Waals surface area (Å²) in [4.78, 5) is 4.10. The van der Waals surface area contributed by atoms with Crippen molar-refractivity contribution in [2.24, 2.45) is 5.73 Å². The zero-order chi connectivity index (χ0) is 8.27. The van der Waals surface area contributed by atoms with Gasteiger partial charge in [-0.3, -0.25) is 0 Å². The Hall–Kier alpha value is -0.260. The van der Waals surface area contributed by atoms with Gasteiger partial charge in [-0.15, -0.1) is 11.8 Å². The number of hydrogen-bond donors (Lipinski definition) is 2. The van der Waals surface area contributed by atoms with Gasteiger partial charge in [0.2, 0.25) is 0 Å². The van der Waals surface area contributed by atoms with Crippen molar-refractivity contribution >= 4 is 28.2 Å². The molecule has 4 N–H and O–H groups in total. The van der Waals surface area contributed by atoms with Crippen LogP contribution in [-0.2, 0) is 0 Å². The van der Waals surface area contributed by atoms with Crippen molar-refractivity contribution in [3.05, 3.63) is 5.69 Å². The molecule has 0 amide bonds. The lowest BCUT2D eigenvalue weighted by Gasteiger charge is -1.93. The fourth-order valence-electron chi connectivity index (χ4n) is 0.688. The van der Waals surface area contributed by atoms with E-state index in [1.54, 1.807) is 11.8 Å². The van der Waals surface area contributed by atoms with Crippen molar-refractivity contribution in [1.29, 1.82) is 0 Å². The largest absolute Gasteiger partial charge is 0.375 e. The second kappa shape index (κ2) is 3.94. The maximum absolute atomic E-state index is 5.51. The van der Waals surface area contributed by atoms with Crippen LogP contribution in [0.2, 0.25) is 0 Å². The van der Waals surface area contributed by atoms with Crippen LogP contribution < -0.4 is 11.5 Å². The number of nitrogen functional groups attached to an aromatic ring is 1. The van der Waals surface area contributed by atoms with Crippen molar-refractivity contribution in [1.82, 2.24) is 4.98 Å². The molecule has 0 saturated heterocycles. The highest BCUT2D eigenvalue weighted by Gasteiger charge is 2.03. The van der Waals surface area contributed by atoms with Gasteiger partial charge in [0.05, 0.1) is 9.90 Å². The quantitative estimate of drug-likeness (QED) is 0.698. The molecule has 0 saturated carbocycles. The van der Waals surface area contributed by atoms with Gasteiger partial charge in [-0.25, -0.2) is 4.98 Å². The van der Waals surface area contributed by atoms with Gasteiger partial charge in [0, 0.05) is 12.3 Å². The number of anilines is 1. The summed E-state index contributed by atoms with van der Waals surface area (Å²) in [7, 11) is 0. The maximum atomic E-state index is 5.51. The SMILES string of the molecule is Cc1nc(N)sc1SCCN. The Bertz CT molecular complexity index is 234. The molecular weight excluding hydrogens is 178 g/mol. The van der Waals surface area contributed by atoms with E-state index in [1.165, 1.54) is 15.5 Å². The van der Waals surface area contributed by atoms with Crippen molar-refractivity contribution in [3.63, 3.8) is 0 Å². The predicted molar refractivity (Wildman–Crippen MR) is 51.0 cm³/mol. The molecule has 0 atom stereocenters. The lowest BCUT2D eigenvalue weighted by atomic mass is 10.6. The third-order valence-corrected chi connectivity index (χ3v) is 3.50. The molecule has 0 radical (unpaired) electrons. The topological polar surface area (TPSA) is 64.9 Å². The Morgan fingerprint density at radius 1 is 1.64 bits per heavy atom. The van der Waals surface area contributed by atoms with Crippen LogP contribution in [0.3, 0.4) is 0 Å². The summed E-state index contributed by atoms with van der Waals surface area (Å²) in [6.07, 6.45) is 0. The molecule has 0 spiro atoms. The van der Waals surface area contributed by atoms with Gasteiger partial charge in [-0.1, -0.05) is 11.3 Å². The number of aryl methyl sites for hydroxylation is 1. The van der Waals surface area contributed by atoms with E-state index < -0.39 is 0 Å². The summed E-state index contributed by atoms with van der Waals surface area (Å²) in [6.45, 7) is 2.66. The first kappa shape index (κ1) is 8.83. The Kier molecular flexibility index (Phi) is 3.16. The summed E-state index contributed by atoms with van der Waals surface area (Å²) in [5.41, 5.74) is 11.9. The molecule has 0 unspecified atom stereocenters. The third kappa shape index (κ3) is 2.36. The van der Waals surface area contributed by atoms with E-state index in [-0.39, 0.29) is 0 Å². The van der Waals surface area contributed by atoms with E-state index in [0.29, 0.717) is 11.7 Å². The van der Waals surface area contributed by atoms with Crippen LogP contribution in [0.1, 0.15) is 5.69 Å². The monoisotopic (exact) mass is 189 g/mol. The molecule has 5 heteroatoms. The first-order valence-electron chi connectivity index (χ1n) is 3.30. The predicted octanol–water partition coefficient (Wildman–Crippen LogP) is 1.08. The molecule has 0 bridgehead atoms. The minimum atomic E-state index is 0.641. The van der Waals surface area contributed by atoms with Gasteiger partial charge in [0.15, 0.2) is 5.13 Å². The zero-order valence-electron chi connectivity index (χ0n) is 6.33. The van der Waals surface area contributed by atoms with Gasteiger partial charge >= 0.3 is 0 Å². The van der Waals surface area contributed by atoms with E-state index in [1.807, 2.05) is 6.92 Å². The fourth-order valence-corrected chi connectivity index (χ4v) is 2.55. The number of thioether (sulfide) groups is 1. The van der Waals surface area contributed by atoms with E-state index >= 15 is 0 Å². The van der Waals surface area contributed by atoms with Gasteiger partial charge < -0.3 is 11.5 Å². The molecule has 11 heavy (non-hydrogen) atoms. The summed E-state index contributed by atoms with van der Waals surface area (Å²) in [5, 5.41) is 0.641. The van der Waals surface area contributed by atoms with E-state index in [2.05, 4.69) is 4.98 Å². The Morgan fingerprint density at radius 3 is 2.82 bits per heavy atom. The minimum absolute atomic E-state index is 0.641. The van der Waals surface area contributed by atoms with E-state index in [4.69, 9.17) is 11.5 Å². The molecule has 0 aliphatic rings. The first-order valence-corrected chi connectivity index (χ1v) is 5.10. The summed E-state index contributed by atoms with van der Waals surface area (Å²) < 4.78 is 1.19. The summed E-state index contributed by atoms with van der Waals surface area (Å²) in [5.74, 6) is 0.933. The van der Waals surface area contributed by atoms with Crippen LogP contribution in [0.25, 0.3) is 0 Å². The van der Waals surface area contributed by atoms with Crippen LogP contribution in [0.4, 0.5) is 5.13 Å². The van der Waals surface area contributed by atoms with Crippen LogP contribution >= 0.6 is 23.1 Å². The Labute approximate surface area is 74.2 Å². The number of nitrogens with two attached hydrogens (primary N) is 2. The number of thiazole rings is 1. The van der Waals surface area contributed by atoms with Crippen LogP contribution in [0.15, 0.2) is 4.21 Å². The number of hydrogen-bond acceptors (Lipinski definition) is 5. The minimum Gasteiger partial charge on any atom is -0.375 e. The molecule has 62 valence electrons. The van der Waals surface area contributed by atoms with Crippen molar-refractivity contribution < 1.29 is 0 Å². The van der Waals surface area contributed by atoms with Gasteiger partial charge in [0.1, 0.15) is 0 Å². The number of rotatable bonds is 3. The van der Waals surface area contributed by atoms with Crippen LogP contribution in [0, 0.1) is 6.92 Å².